The van der Waals surface area contributed by atoms with Gasteiger partial charge in [-0.15, -0.1) is 0 Å². The minimum Gasteiger partial charge on any atom is -0.393 e. The van der Waals surface area contributed by atoms with Crippen molar-refractivity contribution in [2.45, 2.75) is 95.9 Å². The fraction of sp³-hybridized carbons (Fsp3) is 1.00. The first-order chi connectivity index (χ1) is 10.4. The zero-order chi connectivity index (χ0) is 16.0. The average Bonchev–Trinajstić information content (AvgIpc) is 2.85. The van der Waals surface area contributed by atoms with E-state index >= 15 is 0 Å². The van der Waals surface area contributed by atoms with Crippen molar-refractivity contribution in [3.63, 3.8) is 0 Å². The molecule has 0 bridgehead atoms. The number of rotatable bonds is 3. The molecule has 3 nitrogen and oxygen atoms in total. The zero-order valence-corrected chi connectivity index (χ0v) is 14.9. The van der Waals surface area contributed by atoms with Crippen molar-refractivity contribution in [1.82, 2.24) is 5.32 Å². The highest BCUT2D eigenvalue weighted by Gasteiger charge is 2.52. The predicted molar refractivity (Wildman–Crippen MR) is 89.8 cm³/mol. The molecule has 0 aromatic carbocycles. The molecule has 0 aromatic rings. The second-order valence-corrected chi connectivity index (χ2v) is 8.72. The van der Waals surface area contributed by atoms with E-state index in [9.17, 15) is 5.11 Å². The van der Waals surface area contributed by atoms with Crippen LogP contribution in [-0.4, -0.2) is 36.0 Å². The van der Waals surface area contributed by atoms with Gasteiger partial charge in [0.2, 0.25) is 0 Å². The average molecular weight is 309 g/mol. The lowest BCUT2D eigenvalue weighted by molar-refractivity contribution is -0.0337. The van der Waals surface area contributed by atoms with Gasteiger partial charge < -0.3 is 15.2 Å². The number of hydrogen-bond donors (Lipinski definition) is 2. The van der Waals surface area contributed by atoms with Gasteiger partial charge >= 0.3 is 0 Å². The van der Waals surface area contributed by atoms with E-state index < -0.39 is 0 Å². The van der Waals surface area contributed by atoms with Gasteiger partial charge in [0, 0.05) is 24.6 Å². The van der Waals surface area contributed by atoms with Crippen LogP contribution in [0.1, 0.15) is 72.1 Å². The van der Waals surface area contributed by atoms with E-state index in [1.165, 1.54) is 32.1 Å². The molecule has 7 unspecified atom stereocenters. The van der Waals surface area contributed by atoms with E-state index in [-0.39, 0.29) is 11.6 Å². The first-order valence-corrected chi connectivity index (χ1v) is 9.40. The number of ether oxygens (including phenoxy) is 1. The molecule has 3 heteroatoms. The SMILES string of the molecule is CCC1(C)CCC(OC)C1C1CCC2CC(O)CCC2(C)N1. The van der Waals surface area contributed by atoms with Crippen LogP contribution in [0.5, 0.6) is 0 Å². The molecule has 0 radical (unpaired) electrons. The number of methoxy groups -OCH3 is 1. The Morgan fingerprint density at radius 3 is 2.59 bits per heavy atom. The van der Waals surface area contributed by atoms with E-state index in [0.29, 0.717) is 29.4 Å². The fourth-order valence-electron chi connectivity index (χ4n) is 5.84. The van der Waals surface area contributed by atoms with Crippen LogP contribution in [0, 0.1) is 17.3 Å². The molecular weight excluding hydrogens is 274 g/mol. The number of aliphatic hydroxyl groups excluding tert-OH is 1. The Labute approximate surface area is 136 Å². The number of fused-ring (bicyclic) bond motifs is 1. The molecule has 0 amide bonds. The summed E-state index contributed by atoms with van der Waals surface area (Å²) in [5.74, 6) is 1.27. The van der Waals surface area contributed by atoms with Gasteiger partial charge in [0.1, 0.15) is 0 Å². The molecule has 2 saturated carbocycles. The number of aliphatic hydroxyl groups is 1. The highest BCUT2D eigenvalue weighted by atomic mass is 16.5. The molecule has 7 atom stereocenters. The third-order valence-corrected chi connectivity index (χ3v) is 7.54. The summed E-state index contributed by atoms with van der Waals surface area (Å²) in [5.41, 5.74) is 0.632. The third kappa shape index (κ3) is 2.74. The smallest absolute Gasteiger partial charge is 0.0619 e. The van der Waals surface area contributed by atoms with Crippen molar-refractivity contribution in [3.05, 3.63) is 0 Å². The Morgan fingerprint density at radius 1 is 1.14 bits per heavy atom. The lowest BCUT2D eigenvalue weighted by Gasteiger charge is -2.53. The minimum atomic E-state index is -0.0736. The summed E-state index contributed by atoms with van der Waals surface area (Å²) < 4.78 is 5.88. The van der Waals surface area contributed by atoms with Gasteiger partial charge in [0.15, 0.2) is 0 Å². The molecule has 1 saturated heterocycles. The highest BCUT2D eigenvalue weighted by Crippen LogP contribution is 2.51. The van der Waals surface area contributed by atoms with Crippen molar-refractivity contribution in [3.8, 4) is 0 Å². The Bertz CT molecular complexity index is 401. The molecule has 3 aliphatic rings. The Kier molecular flexibility index (Phi) is 4.61. The topological polar surface area (TPSA) is 41.5 Å². The van der Waals surface area contributed by atoms with E-state index in [0.717, 1.165) is 19.3 Å². The summed E-state index contributed by atoms with van der Waals surface area (Å²) in [6, 6.07) is 0.578. The normalized spacial score (nSPS) is 52.5. The largest absolute Gasteiger partial charge is 0.393 e. The van der Waals surface area contributed by atoms with Crippen molar-refractivity contribution in [2.75, 3.05) is 7.11 Å². The fourth-order valence-corrected chi connectivity index (χ4v) is 5.84. The van der Waals surface area contributed by atoms with Gasteiger partial charge in [-0.1, -0.05) is 20.3 Å². The van der Waals surface area contributed by atoms with Crippen molar-refractivity contribution >= 4 is 0 Å². The maximum Gasteiger partial charge on any atom is 0.0619 e. The summed E-state index contributed by atoms with van der Waals surface area (Å²) in [6.45, 7) is 7.21. The summed E-state index contributed by atoms with van der Waals surface area (Å²) in [6.07, 6.45) is 9.65. The first kappa shape index (κ1) is 16.7. The van der Waals surface area contributed by atoms with Gasteiger partial charge in [-0.25, -0.2) is 0 Å². The number of hydrogen-bond acceptors (Lipinski definition) is 3. The predicted octanol–water partition coefficient (Wildman–Crippen LogP) is 3.50. The quantitative estimate of drug-likeness (QED) is 0.838. The summed E-state index contributed by atoms with van der Waals surface area (Å²) >= 11 is 0. The van der Waals surface area contributed by atoms with Crippen LogP contribution in [0.3, 0.4) is 0 Å². The van der Waals surface area contributed by atoms with Crippen molar-refractivity contribution in [2.24, 2.45) is 17.3 Å². The van der Waals surface area contributed by atoms with Gasteiger partial charge in [-0.05, 0) is 63.2 Å². The molecular formula is C19H35NO2. The number of nitrogens with one attached hydrogen (secondary N) is 1. The summed E-state index contributed by atoms with van der Waals surface area (Å²) in [7, 11) is 1.89. The Hall–Kier alpha value is -0.120. The molecule has 0 spiro atoms. The van der Waals surface area contributed by atoms with Crippen LogP contribution < -0.4 is 5.32 Å². The highest BCUT2D eigenvalue weighted by molar-refractivity contribution is 5.07. The second kappa shape index (κ2) is 6.07. The molecule has 1 heterocycles. The molecule has 128 valence electrons. The van der Waals surface area contributed by atoms with Gasteiger partial charge in [0.05, 0.1) is 12.2 Å². The van der Waals surface area contributed by atoms with E-state index in [1.54, 1.807) is 0 Å². The van der Waals surface area contributed by atoms with Crippen molar-refractivity contribution in [1.29, 1.82) is 0 Å². The maximum atomic E-state index is 9.99. The minimum absolute atomic E-state index is 0.0736. The van der Waals surface area contributed by atoms with Crippen LogP contribution in [0.15, 0.2) is 0 Å². The molecule has 22 heavy (non-hydrogen) atoms. The van der Waals surface area contributed by atoms with E-state index in [1.807, 2.05) is 7.11 Å². The van der Waals surface area contributed by atoms with E-state index in [4.69, 9.17) is 4.74 Å². The summed E-state index contributed by atoms with van der Waals surface area (Å²) in [5, 5.41) is 14.1. The monoisotopic (exact) mass is 309 g/mol. The molecule has 2 N–H and O–H groups in total. The standard InChI is InChI=1S/C19H35NO2/c1-5-18(2)10-9-16(22-4)17(18)15-7-6-13-12-14(21)8-11-19(13,3)20-15/h13-17,20-21H,5-12H2,1-4H3. The van der Waals surface area contributed by atoms with Crippen molar-refractivity contribution < 1.29 is 9.84 Å². The van der Waals surface area contributed by atoms with Crippen LogP contribution in [0.25, 0.3) is 0 Å². The second-order valence-electron chi connectivity index (χ2n) is 8.72. The third-order valence-electron chi connectivity index (χ3n) is 7.54. The Morgan fingerprint density at radius 2 is 1.91 bits per heavy atom. The van der Waals surface area contributed by atoms with Crippen LogP contribution >= 0.6 is 0 Å². The molecule has 3 fully saturated rings. The molecule has 1 aliphatic heterocycles. The maximum absolute atomic E-state index is 9.99. The number of piperidine rings is 1. The van der Waals surface area contributed by atoms with E-state index in [2.05, 4.69) is 26.1 Å². The summed E-state index contributed by atoms with van der Waals surface area (Å²) in [4.78, 5) is 0. The lowest BCUT2D eigenvalue weighted by atomic mass is 9.64. The molecule has 0 aromatic heterocycles. The zero-order valence-electron chi connectivity index (χ0n) is 14.9. The molecule has 3 rings (SSSR count). The van der Waals surface area contributed by atoms with Gasteiger partial charge in [-0.2, -0.15) is 0 Å². The van der Waals surface area contributed by atoms with Crippen LogP contribution in [0.4, 0.5) is 0 Å². The lowest BCUT2D eigenvalue weighted by Crippen LogP contribution is -2.63. The first-order valence-electron chi connectivity index (χ1n) is 9.40. The van der Waals surface area contributed by atoms with Crippen LogP contribution in [-0.2, 0) is 4.74 Å². The molecule has 2 aliphatic carbocycles. The van der Waals surface area contributed by atoms with Gasteiger partial charge in [0.25, 0.3) is 0 Å². The Balaban J connectivity index is 1.78. The van der Waals surface area contributed by atoms with Gasteiger partial charge in [-0.3, -0.25) is 0 Å². The van der Waals surface area contributed by atoms with Crippen LogP contribution in [0.2, 0.25) is 0 Å².